The number of anilines is 1. The van der Waals surface area contributed by atoms with Gasteiger partial charge in [0.05, 0.1) is 16.7 Å². The van der Waals surface area contributed by atoms with Gasteiger partial charge in [-0.1, -0.05) is 23.9 Å². The van der Waals surface area contributed by atoms with Crippen molar-refractivity contribution >= 4 is 22.5 Å². The Kier molecular flexibility index (Phi) is 2.88. The standard InChI is InChI=1S/C14H14N2OS/c1-15-10-4-2-9(3-5-10)14-16-12-7-6-11(17)8-13(12)18-14/h2-7,13,15,17H,8H2,1H3. The molecule has 1 unspecified atom stereocenters. The molecule has 1 heterocycles. The minimum Gasteiger partial charge on any atom is -0.512 e. The number of hydrogen-bond acceptors (Lipinski definition) is 4. The van der Waals surface area contributed by atoms with Gasteiger partial charge in [-0.2, -0.15) is 0 Å². The van der Waals surface area contributed by atoms with Gasteiger partial charge in [0.25, 0.3) is 0 Å². The van der Waals surface area contributed by atoms with Crippen molar-refractivity contribution < 1.29 is 5.11 Å². The predicted octanol–water partition coefficient (Wildman–Crippen LogP) is 3.32. The Labute approximate surface area is 110 Å². The Morgan fingerprint density at radius 2 is 2.06 bits per heavy atom. The molecule has 3 rings (SSSR count). The average Bonchev–Trinajstić information content (AvgIpc) is 2.81. The van der Waals surface area contributed by atoms with Crippen molar-refractivity contribution in [1.29, 1.82) is 0 Å². The fourth-order valence-electron chi connectivity index (χ4n) is 2.05. The van der Waals surface area contributed by atoms with E-state index in [9.17, 15) is 5.11 Å². The summed E-state index contributed by atoms with van der Waals surface area (Å²) >= 11 is 1.73. The molecule has 1 aliphatic carbocycles. The average molecular weight is 258 g/mol. The highest BCUT2D eigenvalue weighted by Gasteiger charge is 2.28. The first-order valence-corrected chi connectivity index (χ1v) is 6.77. The summed E-state index contributed by atoms with van der Waals surface area (Å²) in [6, 6.07) is 8.24. The molecular formula is C14H14N2OS. The number of rotatable bonds is 2. The Bertz CT molecular complexity index is 558. The van der Waals surface area contributed by atoms with Gasteiger partial charge >= 0.3 is 0 Å². The van der Waals surface area contributed by atoms with Crippen LogP contribution in [0.25, 0.3) is 0 Å². The van der Waals surface area contributed by atoms with Crippen molar-refractivity contribution in [2.24, 2.45) is 4.99 Å². The van der Waals surface area contributed by atoms with Crippen molar-refractivity contribution in [3.8, 4) is 0 Å². The van der Waals surface area contributed by atoms with Crippen LogP contribution >= 0.6 is 11.8 Å². The molecule has 0 spiro atoms. The van der Waals surface area contributed by atoms with Crippen molar-refractivity contribution in [2.75, 3.05) is 12.4 Å². The first-order valence-electron chi connectivity index (χ1n) is 5.89. The molecule has 1 aliphatic heterocycles. The molecular weight excluding hydrogens is 244 g/mol. The van der Waals surface area contributed by atoms with Gasteiger partial charge < -0.3 is 10.4 Å². The normalized spacial score (nSPS) is 21.8. The zero-order chi connectivity index (χ0) is 12.5. The Morgan fingerprint density at radius 1 is 1.28 bits per heavy atom. The van der Waals surface area contributed by atoms with Gasteiger partial charge in [-0.3, -0.25) is 0 Å². The molecule has 0 fully saturated rings. The molecule has 0 aromatic heterocycles. The molecule has 0 amide bonds. The predicted molar refractivity (Wildman–Crippen MR) is 77.3 cm³/mol. The number of hydrogen-bond donors (Lipinski definition) is 2. The van der Waals surface area contributed by atoms with Crippen molar-refractivity contribution in [3.63, 3.8) is 0 Å². The lowest BCUT2D eigenvalue weighted by Gasteiger charge is -2.12. The third-order valence-corrected chi connectivity index (χ3v) is 4.32. The highest BCUT2D eigenvalue weighted by atomic mass is 32.2. The summed E-state index contributed by atoms with van der Waals surface area (Å²) < 4.78 is 0. The second-order valence-corrected chi connectivity index (χ2v) is 5.50. The van der Waals surface area contributed by atoms with Crippen LogP contribution in [0.15, 0.2) is 52.9 Å². The lowest BCUT2D eigenvalue weighted by molar-refractivity contribution is 0.387. The van der Waals surface area contributed by atoms with Crippen molar-refractivity contribution in [2.45, 2.75) is 11.7 Å². The summed E-state index contributed by atoms with van der Waals surface area (Å²) in [5, 5.41) is 13.9. The first-order chi connectivity index (χ1) is 8.76. The molecule has 2 aliphatic rings. The van der Waals surface area contributed by atoms with Crippen LogP contribution in [0.1, 0.15) is 12.0 Å². The van der Waals surface area contributed by atoms with Crippen LogP contribution < -0.4 is 5.32 Å². The van der Waals surface area contributed by atoms with Crippen LogP contribution in [0, 0.1) is 0 Å². The summed E-state index contributed by atoms with van der Waals surface area (Å²) in [5.41, 5.74) is 3.29. The second kappa shape index (κ2) is 4.53. The number of aliphatic hydroxyl groups excluding tert-OH is 1. The molecule has 0 bridgehead atoms. The topological polar surface area (TPSA) is 44.6 Å². The minimum atomic E-state index is 0.272. The Balaban J connectivity index is 1.86. The van der Waals surface area contributed by atoms with Gasteiger partial charge in [-0.25, -0.2) is 4.99 Å². The van der Waals surface area contributed by atoms with E-state index in [-0.39, 0.29) is 5.25 Å². The van der Waals surface area contributed by atoms with E-state index in [0.717, 1.165) is 22.0 Å². The van der Waals surface area contributed by atoms with Gasteiger partial charge in [0.1, 0.15) is 5.04 Å². The number of aliphatic hydroxyl groups is 1. The quantitative estimate of drug-likeness (QED) is 0.855. The molecule has 92 valence electrons. The van der Waals surface area contributed by atoms with E-state index >= 15 is 0 Å². The maximum Gasteiger partial charge on any atom is 0.104 e. The fourth-order valence-corrected chi connectivity index (χ4v) is 3.26. The molecule has 4 heteroatoms. The first kappa shape index (κ1) is 11.4. The number of aliphatic imine (C=N–C) groups is 1. The molecule has 0 saturated carbocycles. The largest absolute Gasteiger partial charge is 0.512 e. The second-order valence-electron chi connectivity index (χ2n) is 4.30. The molecule has 1 atom stereocenters. The van der Waals surface area contributed by atoms with Crippen LogP contribution in [0.4, 0.5) is 5.69 Å². The number of nitrogens with zero attached hydrogens (tertiary/aromatic N) is 1. The number of benzene rings is 1. The van der Waals surface area contributed by atoms with Gasteiger partial charge in [0, 0.05) is 24.7 Å². The van der Waals surface area contributed by atoms with Crippen LogP contribution in [-0.4, -0.2) is 22.4 Å². The van der Waals surface area contributed by atoms with Crippen molar-refractivity contribution in [1.82, 2.24) is 0 Å². The van der Waals surface area contributed by atoms with Gasteiger partial charge in [0.2, 0.25) is 0 Å². The highest BCUT2D eigenvalue weighted by Crippen LogP contribution is 2.38. The molecule has 18 heavy (non-hydrogen) atoms. The summed E-state index contributed by atoms with van der Waals surface area (Å²) in [5.74, 6) is 0.443. The van der Waals surface area contributed by atoms with E-state index in [1.54, 1.807) is 17.8 Å². The fraction of sp³-hybridized carbons (Fsp3) is 0.214. The van der Waals surface area contributed by atoms with Crippen LogP contribution in [0.5, 0.6) is 0 Å². The minimum absolute atomic E-state index is 0.272. The van der Waals surface area contributed by atoms with Gasteiger partial charge in [-0.05, 0) is 24.3 Å². The highest BCUT2D eigenvalue weighted by molar-refractivity contribution is 8.15. The van der Waals surface area contributed by atoms with E-state index in [1.165, 1.54) is 0 Å². The molecule has 0 saturated heterocycles. The Morgan fingerprint density at radius 3 is 2.78 bits per heavy atom. The van der Waals surface area contributed by atoms with Crippen LogP contribution in [0.3, 0.4) is 0 Å². The SMILES string of the molecule is CNc1ccc(C2=NC3=CC=C(O)CC3S2)cc1. The summed E-state index contributed by atoms with van der Waals surface area (Å²) in [7, 11) is 1.91. The monoisotopic (exact) mass is 258 g/mol. The van der Waals surface area contributed by atoms with E-state index in [4.69, 9.17) is 0 Å². The summed E-state index contributed by atoms with van der Waals surface area (Å²) in [6.07, 6.45) is 4.33. The molecule has 1 aromatic carbocycles. The zero-order valence-corrected chi connectivity index (χ0v) is 10.9. The summed E-state index contributed by atoms with van der Waals surface area (Å²) in [4.78, 5) is 4.63. The number of fused-ring (bicyclic) bond motifs is 1. The van der Waals surface area contributed by atoms with E-state index in [0.29, 0.717) is 12.2 Å². The van der Waals surface area contributed by atoms with Crippen LogP contribution in [-0.2, 0) is 0 Å². The number of allylic oxidation sites excluding steroid dienone is 3. The summed E-state index contributed by atoms with van der Waals surface area (Å²) in [6.45, 7) is 0. The van der Waals surface area contributed by atoms with Gasteiger partial charge in [0.15, 0.2) is 0 Å². The van der Waals surface area contributed by atoms with E-state index in [2.05, 4.69) is 22.4 Å². The lowest BCUT2D eigenvalue weighted by Crippen LogP contribution is -2.06. The molecule has 0 radical (unpaired) electrons. The van der Waals surface area contributed by atoms with E-state index in [1.807, 2.05) is 25.3 Å². The third-order valence-electron chi connectivity index (χ3n) is 3.08. The maximum absolute atomic E-state index is 9.53. The molecule has 2 N–H and O–H groups in total. The number of thioether (sulfide) groups is 1. The number of nitrogens with one attached hydrogen (secondary N) is 1. The lowest BCUT2D eigenvalue weighted by atomic mass is 10.1. The van der Waals surface area contributed by atoms with Crippen LogP contribution in [0.2, 0.25) is 0 Å². The molecule has 3 nitrogen and oxygen atoms in total. The Hall–Kier alpha value is -1.68. The zero-order valence-electron chi connectivity index (χ0n) is 10.1. The van der Waals surface area contributed by atoms with E-state index < -0.39 is 0 Å². The maximum atomic E-state index is 9.53. The molecule has 1 aromatic rings. The smallest absolute Gasteiger partial charge is 0.104 e. The van der Waals surface area contributed by atoms with Crippen molar-refractivity contribution in [3.05, 3.63) is 53.4 Å². The third kappa shape index (κ3) is 2.04. The van der Waals surface area contributed by atoms with Gasteiger partial charge in [-0.15, -0.1) is 0 Å².